The second kappa shape index (κ2) is 5.97. The van der Waals surface area contributed by atoms with Crippen molar-refractivity contribution < 1.29 is 19.6 Å². The van der Waals surface area contributed by atoms with E-state index < -0.39 is 10.8 Å². The Kier molecular flexibility index (Phi) is 4.61. The molecule has 18 heavy (non-hydrogen) atoms. The molecule has 0 saturated carbocycles. The summed E-state index contributed by atoms with van der Waals surface area (Å²) < 4.78 is 4.97. The van der Waals surface area contributed by atoms with Gasteiger partial charge in [0, 0.05) is 19.7 Å². The number of aliphatic hydroxyl groups is 1. The number of nitrogens with zero attached hydrogens (tertiary/aromatic N) is 2. The molecule has 7 heteroatoms. The molecule has 0 bridgehead atoms. The van der Waals surface area contributed by atoms with E-state index in [-0.39, 0.29) is 30.2 Å². The second-order valence-corrected chi connectivity index (χ2v) is 3.56. The van der Waals surface area contributed by atoms with Crippen molar-refractivity contribution in [3.63, 3.8) is 0 Å². The monoisotopic (exact) mass is 254 g/mol. The summed E-state index contributed by atoms with van der Waals surface area (Å²) in [7, 11) is 2.79. The predicted octanol–water partition coefficient (Wildman–Crippen LogP) is 0.668. The summed E-state index contributed by atoms with van der Waals surface area (Å²) >= 11 is 0. The maximum atomic E-state index is 12.1. The molecule has 1 amide bonds. The molecule has 0 saturated heterocycles. The van der Waals surface area contributed by atoms with Gasteiger partial charge in [0.05, 0.1) is 18.6 Å². The van der Waals surface area contributed by atoms with Crippen molar-refractivity contribution in [1.29, 1.82) is 0 Å². The molecule has 1 aromatic carbocycles. The van der Waals surface area contributed by atoms with Crippen LogP contribution in [0.3, 0.4) is 0 Å². The zero-order valence-electron chi connectivity index (χ0n) is 10.1. The molecule has 0 aliphatic rings. The number of benzene rings is 1. The lowest BCUT2D eigenvalue weighted by Crippen LogP contribution is -2.30. The number of ether oxygens (including phenoxy) is 1. The molecule has 0 aliphatic heterocycles. The molecule has 0 heterocycles. The zero-order valence-corrected chi connectivity index (χ0v) is 10.1. The largest absolute Gasteiger partial charge is 0.496 e. The fraction of sp³-hybridized carbons (Fsp3) is 0.364. The number of rotatable bonds is 5. The van der Waals surface area contributed by atoms with Crippen LogP contribution in [0.1, 0.15) is 10.4 Å². The molecule has 7 nitrogen and oxygen atoms in total. The summed E-state index contributed by atoms with van der Waals surface area (Å²) in [6.45, 7) is -0.126. The highest BCUT2D eigenvalue weighted by atomic mass is 16.6. The SMILES string of the molecule is COc1cccc([N+](=O)[O-])c1C(=O)N(C)CCO. The highest BCUT2D eigenvalue weighted by molar-refractivity contribution is 6.00. The number of hydrogen-bond acceptors (Lipinski definition) is 5. The van der Waals surface area contributed by atoms with E-state index in [1.807, 2.05) is 0 Å². The minimum Gasteiger partial charge on any atom is -0.496 e. The van der Waals surface area contributed by atoms with E-state index in [1.165, 1.54) is 37.3 Å². The van der Waals surface area contributed by atoms with Crippen LogP contribution in [-0.4, -0.2) is 48.1 Å². The van der Waals surface area contributed by atoms with Crippen LogP contribution in [0.5, 0.6) is 5.75 Å². The predicted molar refractivity (Wildman–Crippen MR) is 63.7 cm³/mol. The number of aliphatic hydroxyl groups excluding tert-OH is 1. The smallest absolute Gasteiger partial charge is 0.285 e. The topological polar surface area (TPSA) is 92.9 Å². The quantitative estimate of drug-likeness (QED) is 0.615. The maximum Gasteiger partial charge on any atom is 0.285 e. The second-order valence-electron chi connectivity index (χ2n) is 3.56. The molecule has 1 rings (SSSR count). The van der Waals surface area contributed by atoms with Gasteiger partial charge in [-0.1, -0.05) is 6.07 Å². The maximum absolute atomic E-state index is 12.1. The number of likely N-dealkylation sites (N-methyl/N-ethyl adjacent to an activating group) is 1. The fourth-order valence-corrected chi connectivity index (χ4v) is 1.50. The van der Waals surface area contributed by atoms with Crippen LogP contribution in [-0.2, 0) is 0 Å². The number of carbonyl (C=O) groups excluding carboxylic acids is 1. The van der Waals surface area contributed by atoms with Gasteiger partial charge in [-0.2, -0.15) is 0 Å². The average molecular weight is 254 g/mol. The Bertz CT molecular complexity index is 461. The summed E-state index contributed by atoms with van der Waals surface area (Å²) in [5.74, 6) is -0.424. The minimum atomic E-state index is -0.636. The van der Waals surface area contributed by atoms with Crippen LogP contribution in [0.4, 0.5) is 5.69 Å². The van der Waals surface area contributed by atoms with Gasteiger partial charge in [-0.3, -0.25) is 14.9 Å². The Morgan fingerprint density at radius 3 is 2.72 bits per heavy atom. The highest BCUT2D eigenvalue weighted by Gasteiger charge is 2.26. The van der Waals surface area contributed by atoms with Crippen LogP contribution in [0.25, 0.3) is 0 Å². The van der Waals surface area contributed by atoms with Crippen LogP contribution < -0.4 is 4.74 Å². The zero-order chi connectivity index (χ0) is 13.7. The molecular weight excluding hydrogens is 240 g/mol. The molecule has 1 N–H and O–H groups in total. The van der Waals surface area contributed by atoms with Crippen molar-refractivity contribution in [3.05, 3.63) is 33.9 Å². The number of nitro groups is 1. The first-order valence-corrected chi connectivity index (χ1v) is 5.20. The minimum absolute atomic E-state index is 0.0913. The summed E-state index contributed by atoms with van der Waals surface area (Å²) in [6.07, 6.45) is 0. The van der Waals surface area contributed by atoms with E-state index in [2.05, 4.69) is 0 Å². The molecule has 0 aliphatic carbocycles. The highest BCUT2D eigenvalue weighted by Crippen LogP contribution is 2.29. The molecule has 0 fully saturated rings. The van der Waals surface area contributed by atoms with Gasteiger partial charge in [0.15, 0.2) is 5.56 Å². The molecular formula is C11H14N2O5. The third-order valence-electron chi connectivity index (χ3n) is 2.42. The van der Waals surface area contributed by atoms with Crippen molar-refractivity contribution >= 4 is 11.6 Å². The lowest BCUT2D eigenvalue weighted by atomic mass is 10.1. The number of nitro benzene ring substituents is 1. The van der Waals surface area contributed by atoms with E-state index >= 15 is 0 Å². The summed E-state index contributed by atoms with van der Waals surface area (Å²) in [4.78, 5) is 23.5. The number of carbonyl (C=O) groups is 1. The molecule has 0 unspecified atom stereocenters. The van der Waals surface area contributed by atoms with Gasteiger partial charge >= 0.3 is 0 Å². The van der Waals surface area contributed by atoms with E-state index in [4.69, 9.17) is 9.84 Å². The van der Waals surface area contributed by atoms with Crippen molar-refractivity contribution in [1.82, 2.24) is 4.90 Å². The molecule has 0 radical (unpaired) electrons. The van der Waals surface area contributed by atoms with Gasteiger partial charge in [-0.15, -0.1) is 0 Å². The van der Waals surface area contributed by atoms with Gasteiger partial charge in [-0.25, -0.2) is 0 Å². The first-order chi connectivity index (χ1) is 8.52. The lowest BCUT2D eigenvalue weighted by Gasteiger charge is -2.17. The molecule has 1 aromatic rings. The van der Waals surface area contributed by atoms with Crippen molar-refractivity contribution in [2.45, 2.75) is 0 Å². The Balaban J connectivity index is 3.27. The summed E-state index contributed by atoms with van der Waals surface area (Å²) in [5, 5.41) is 19.7. The average Bonchev–Trinajstić information content (AvgIpc) is 2.37. The number of methoxy groups -OCH3 is 1. The van der Waals surface area contributed by atoms with E-state index in [0.717, 1.165) is 0 Å². The van der Waals surface area contributed by atoms with Crippen LogP contribution in [0, 0.1) is 10.1 Å². The molecule has 98 valence electrons. The third-order valence-corrected chi connectivity index (χ3v) is 2.42. The normalized spacial score (nSPS) is 9.94. The van der Waals surface area contributed by atoms with Crippen LogP contribution in [0.15, 0.2) is 18.2 Å². The Labute approximate surface area is 104 Å². The van der Waals surface area contributed by atoms with E-state index in [9.17, 15) is 14.9 Å². The van der Waals surface area contributed by atoms with Crippen molar-refractivity contribution in [2.75, 3.05) is 27.3 Å². The van der Waals surface area contributed by atoms with E-state index in [0.29, 0.717) is 0 Å². The summed E-state index contributed by atoms with van der Waals surface area (Å²) in [5.41, 5.74) is -0.426. The van der Waals surface area contributed by atoms with Crippen LogP contribution >= 0.6 is 0 Å². The molecule has 0 atom stereocenters. The Morgan fingerprint density at radius 2 is 2.22 bits per heavy atom. The van der Waals surface area contributed by atoms with Crippen LogP contribution in [0.2, 0.25) is 0 Å². The molecule has 0 spiro atoms. The van der Waals surface area contributed by atoms with Gasteiger partial charge in [0.1, 0.15) is 5.75 Å². The summed E-state index contributed by atoms with van der Waals surface area (Å²) in [6, 6.07) is 4.16. The lowest BCUT2D eigenvalue weighted by molar-refractivity contribution is -0.385. The van der Waals surface area contributed by atoms with Gasteiger partial charge < -0.3 is 14.7 Å². The number of amides is 1. The van der Waals surface area contributed by atoms with E-state index in [1.54, 1.807) is 0 Å². The first-order valence-electron chi connectivity index (χ1n) is 5.20. The standard InChI is InChI=1S/C11H14N2O5/c1-12(6-7-14)11(15)10-8(13(16)17)4-3-5-9(10)18-2/h3-5,14H,6-7H2,1-2H3. The fourth-order valence-electron chi connectivity index (χ4n) is 1.50. The van der Waals surface area contributed by atoms with Crippen molar-refractivity contribution in [3.8, 4) is 5.75 Å². The van der Waals surface area contributed by atoms with Crippen molar-refractivity contribution in [2.24, 2.45) is 0 Å². The van der Waals surface area contributed by atoms with Gasteiger partial charge in [0.2, 0.25) is 0 Å². The molecule has 0 aromatic heterocycles. The van der Waals surface area contributed by atoms with Gasteiger partial charge in [-0.05, 0) is 6.07 Å². The Hall–Kier alpha value is -2.15. The Morgan fingerprint density at radius 1 is 1.56 bits per heavy atom. The van der Waals surface area contributed by atoms with Gasteiger partial charge in [0.25, 0.3) is 11.6 Å². The third kappa shape index (κ3) is 2.75. The first kappa shape index (κ1) is 13.9. The number of hydrogen-bond donors (Lipinski definition) is 1.